The Labute approximate surface area is 145 Å². The number of carbonyl (C=O) groups is 2. The fourth-order valence-corrected chi connectivity index (χ4v) is 2.83. The number of hydrogen-bond donors (Lipinski definition) is 2. The Bertz CT molecular complexity index is 990. The first-order chi connectivity index (χ1) is 11.7. The standard InChI is InChI=1S/C14H7BrF3N3O4/c15-5-2-7(6(16)3-8(5)25-14(17)18)21-9(22)1-4-10(11(21)19)13(24)20-12(4)23/h1-3,14H,19H2,(H,20,23,24). The normalized spacial score (nSPS) is 13.2. The van der Waals surface area contributed by atoms with Gasteiger partial charge in [-0.3, -0.25) is 24.3 Å². The predicted molar refractivity (Wildman–Crippen MR) is 82.5 cm³/mol. The van der Waals surface area contributed by atoms with Crippen LogP contribution in [0.2, 0.25) is 0 Å². The Morgan fingerprint density at radius 1 is 1.16 bits per heavy atom. The van der Waals surface area contributed by atoms with Gasteiger partial charge in [0.15, 0.2) is 5.82 Å². The van der Waals surface area contributed by atoms with E-state index in [4.69, 9.17) is 5.73 Å². The summed E-state index contributed by atoms with van der Waals surface area (Å²) in [6.07, 6.45) is 0. The molecule has 0 atom stereocenters. The zero-order chi connectivity index (χ0) is 18.5. The minimum absolute atomic E-state index is 0.0727. The van der Waals surface area contributed by atoms with Gasteiger partial charge >= 0.3 is 6.61 Å². The number of fused-ring (bicyclic) bond motifs is 1. The third-order valence-corrected chi connectivity index (χ3v) is 4.03. The number of amides is 2. The third-order valence-electron chi connectivity index (χ3n) is 3.41. The lowest BCUT2D eigenvalue weighted by molar-refractivity contribution is -0.0505. The summed E-state index contributed by atoms with van der Waals surface area (Å²) in [5.74, 6) is -3.67. The Balaban J connectivity index is 2.23. The van der Waals surface area contributed by atoms with Crippen molar-refractivity contribution in [2.45, 2.75) is 6.61 Å². The van der Waals surface area contributed by atoms with Crippen molar-refractivity contribution >= 4 is 33.6 Å². The molecule has 2 aromatic rings. The molecule has 3 N–H and O–H groups in total. The highest BCUT2D eigenvalue weighted by molar-refractivity contribution is 9.10. The Hall–Kier alpha value is -2.82. The summed E-state index contributed by atoms with van der Waals surface area (Å²) < 4.78 is 43.6. The molecule has 1 aliphatic heterocycles. The number of pyridine rings is 1. The summed E-state index contributed by atoms with van der Waals surface area (Å²) in [4.78, 5) is 35.6. The smallest absolute Gasteiger partial charge is 0.387 e. The molecule has 3 rings (SSSR count). The van der Waals surface area contributed by atoms with E-state index in [0.29, 0.717) is 10.6 Å². The quantitative estimate of drug-likeness (QED) is 0.741. The lowest BCUT2D eigenvalue weighted by atomic mass is 10.1. The first-order valence-corrected chi connectivity index (χ1v) is 7.35. The molecular weight excluding hydrogens is 411 g/mol. The molecule has 0 saturated carbocycles. The van der Waals surface area contributed by atoms with E-state index in [1.807, 2.05) is 5.32 Å². The molecular formula is C14H7BrF3N3O4. The maximum atomic E-state index is 14.3. The largest absolute Gasteiger partial charge is 0.434 e. The van der Waals surface area contributed by atoms with Gasteiger partial charge in [-0.1, -0.05) is 0 Å². The number of alkyl halides is 2. The molecule has 0 spiro atoms. The van der Waals surface area contributed by atoms with Gasteiger partial charge in [-0.2, -0.15) is 8.78 Å². The summed E-state index contributed by atoms with van der Waals surface area (Å²) >= 11 is 2.93. The molecule has 1 aliphatic rings. The topological polar surface area (TPSA) is 103 Å². The Morgan fingerprint density at radius 3 is 2.48 bits per heavy atom. The van der Waals surface area contributed by atoms with Crippen molar-refractivity contribution in [3.63, 3.8) is 0 Å². The highest BCUT2D eigenvalue weighted by atomic mass is 79.9. The van der Waals surface area contributed by atoms with Gasteiger partial charge in [0.1, 0.15) is 11.6 Å². The van der Waals surface area contributed by atoms with Gasteiger partial charge < -0.3 is 10.5 Å². The monoisotopic (exact) mass is 417 g/mol. The van der Waals surface area contributed by atoms with E-state index in [0.717, 1.165) is 12.1 Å². The number of benzene rings is 1. The molecule has 1 aromatic carbocycles. The number of ether oxygens (including phenoxy) is 1. The maximum Gasteiger partial charge on any atom is 0.387 e. The van der Waals surface area contributed by atoms with Gasteiger partial charge in [-0.05, 0) is 22.0 Å². The van der Waals surface area contributed by atoms with Crippen molar-refractivity contribution in [1.29, 1.82) is 0 Å². The van der Waals surface area contributed by atoms with Crippen LogP contribution in [0, 0.1) is 5.82 Å². The van der Waals surface area contributed by atoms with E-state index in [9.17, 15) is 27.6 Å². The van der Waals surface area contributed by atoms with E-state index in [1.165, 1.54) is 0 Å². The molecule has 11 heteroatoms. The molecule has 0 radical (unpaired) electrons. The second-order valence-corrected chi connectivity index (χ2v) is 5.74. The number of carbonyl (C=O) groups excluding carboxylic acids is 2. The minimum atomic E-state index is -3.18. The molecule has 7 nitrogen and oxygen atoms in total. The van der Waals surface area contributed by atoms with Gasteiger partial charge in [-0.15, -0.1) is 0 Å². The predicted octanol–water partition coefficient (Wildman–Crippen LogP) is 1.81. The molecule has 2 amide bonds. The minimum Gasteiger partial charge on any atom is -0.434 e. The lowest BCUT2D eigenvalue weighted by Gasteiger charge is -2.15. The molecule has 1 aromatic heterocycles. The number of hydrogen-bond acceptors (Lipinski definition) is 5. The second kappa shape index (κ2) is 5.92. The van der Waals surface area contributed by atoms with Gasteiger partial charge in [-0.25, -0.2) is 4.39 Å². The number of nitrogens with zero attached hydrogens (tertiary/aromatic N) is 1. The number of anilines is 1. The SMILES string of the molecule is Nc1c2c(cc(=O)n1-c1cc(Br)c(OC(F)F)cc1F)C(=O)NC2=O. The van der Waals surface area contributed by atoms with Crippen LogP contribution >= 0.6 is 15.9 Å². The summed E-state index contributed by atoms with van der Waals surface area (Å²) in [7, 11) is 0. The Kier molecular flexibility index (Phi) is 4.03. The number of halogens is 4. The maximum absolute atomic E-state index is 14.3. The molecule has 130 valence electrons. The van der Waals surface area contributed by atoms with E-state index >= 15 is 0 Å². The van der Waals surface area contributed by atoms with Gasteiger partial charge in [0, 0.05) is 12.1 Å². The highest BCUT2D eigenvalue weighted by Gasteiger charge is 2.32. The fourth-order valence-electron chi connectivity index (χ4n) is 2.40. The first kappa shape index (κ1) is 17.0. The lowest BCUT2D eigenvalue weighted by Crippen LogP contribution is -2.25. The number of nitrogen functional groups attached to an aromatic ring is 1. The van der Waals surface area contributed by atoms with Crippen LogP contribution in [0.3, 0.4) is 0 Å². The average Bonchev–Trinajstić information content (AvgIpc) is 2.78. The van der Waals surface area contributed by atoms with Crippen LogP contribution in [0.1, 0.15) is 20.7 Å². The number of rotatable bonds is 3. The van der Waals surface area contributed by atoms with E-state index < -0.39 is 47.1 Å². The number of aromatic nitrogens is 1. The van der Waals surface area contributed by atoms with Crippen molar-refractivity contribution < 1.29 is 27.5 Å². The van der Waals surface area contributed by atoms with E-state index in [2.05, 4.69) is 20.7 Å². The van der Waals surface area contributed by atoms with Gasteiger partial charge in [0.25, 0.3) is 17.4 Å². The average molecular weight is 418 g/mol. The first-order valence-electron chi connectivity index (χ1n) is 6.56. The third kappa shape index (κ3) is 2.76. The van der Waals surface area contributed by atoms with Crippen LogP contribution in [0.5, 0.6) is 5.75 Å². The van der Waals surface area contributed by atoms with E-state index in [-0.39, 0.29) is 15.6 Å². The van der Waals surface area contributed by atoms with Crippen molar-refractivity contribution in [2.24, 2.45) is 0 Å². The fraction of sp³-hybridized carbons (Fsp3) is 0.0714. The van der Waals surface area contributed by atoms with Gasteiger partial charge in [0.2, 0.25) is 0 Å². The molecule has 0 aliphatic carbocycles. The molecule has 0 saturated heterocycles. The van der Waals surface area contributed by atoms with Crippen LogP contribution in [0.25, 0.3) is 5.69 Å². The number of imide groups is 1. The van der Waals surface area contributed by atoms with Crippen LogP contribution < -0.4 is 21.3 Å². The van der Waals surface area contributed by atoms with E-state index in [1.54, 1.807) is 0 Å². The van der Waals surface area contributed by atoms with Gasteiger partial charge in [0.05, 0.1) is 21.3 Å². The zero-order valence-corrected chi connectivity index (χ0v) is 13.6. The van der Waals surface area contributed by atoms with Crippen molar-refractivity contribution in [1.82, 2.24) is 9.88 Å². The van der Waals surface area contributed by atoms with Crippen LogP contribution in [-0.4, -0.2) is 23.0 Å². The van der Waals surface area contributed by atoms with Crippen LogP contribution in [0.4, 0.5) is 19.0 Å². The summed E-state index contributed by atoms with van der Waals surface area (Å²) in [6.45, 7) is -3.18. The van der Waals surface area contributed by atoms with Crippen molar-refractivity contribution in [3.8, 4) is 11.4 Å². The summed E-state index contributed by atoms with van der Waals surface area (Å²) in [5, 5.41) is 1.97. The Morgan fingerprint density at radius 2 is 1.84 bits per heavy atom. The van der Waals surface area contributed by atoms with Crippen LogP contribution in [0.15, 0.2) is 27.5 Å². The molecule has 25 heavy (non-hydrogen) atoms. The number of nitrogens with one attached hydrogen (secondary N) is 1. The summed E-state index contributed by atoms with van der Waals surface area (Å²) in [5.41, 5.74) is 3.99. The molecule has 0 unspecified atom stereocenters. The summed E-state index contributed by atoms with van der Waals surface area (Å²) in [6, 6.07) is 2.46. The zero-order valence-electron chi connectivity index (χ0n) is 12.0. The number of nitrogens with two attached hydrogens (primary N) is 1. The highest BCUT2D eigenvalue weighted by Crippen LogP contribution is 2.32. The molecule has 2 heterocycles. The van der Waals surface area contributed by atoms with Crippen LogP contribution in [-0.2, 0) is 0 Å². The molecule has 0 fully saturated rings. The second-order valence-electron chi connectivity index (χ2n) is 4.89. The van der Waals surface area contributed by atoms with Crippen molar-refractivity contribution in [3.05, 3.63) is 50.0 Å². The molecule has 0 bridgehead atoms. The van der Waals surface area contributed by atoms with Crippen molar-refractivity contribution in [2.75, 3.05) is 5.73 Å².